The molecule has 106 valence electrons. The fourth-order valence-corrected chi connectivity index (χ4v) is 3.16. The van der Waals surface area contributed by atoms with Gasteiger partial charge in [0.15, 0.2) is 0 Å². The maximum Gasteiger partial charge on any atom is 0.303 e. The zero-order valence-electron chi connectivity index (χ0n) is 11.8. The van der Waals surface area contributed by atoms with Crippen LogP contribution in [0.5, 0.6) is 0 Å². The molecule has 0 amide bonds. The maximum absolute atomic E-state index is 11.1. The van der Waals surface area contributed by atoms with E-state index >= 15 is 0 Å². The summed E-state index contributed by atoms with van der Waals surface area (Å²) in [5.41, 5.74) is -0.104. The van der Waals surface area contributed by atoms with E-state index in [4.69, 9.17) is 5.11 Å². The lowest BCUT2D eigenvalue weighted by Crippen LogP contribution is -2.26. The summed E-state index contributed by atoms with van der Waals surface area (Å²) in [4.78, 5) is 11.1. The summed E-state index contributed by atoms with van der Waals surface area (Å²) in [5.74, 6) is 0.780. The van der Waals surface area contributed by atoms with Crippen LogP contribution >= 0.6 is 0 Å². The lowest BCUT2D eigenvalue weighted by molar-refractivity contribution is -0.139. The Kier molecular flexibility index (Phi) is 4.22. The fraction of sp³-hybridized carbons (Fsp3) is 0.786. The van der Waals surface area contributed by atoms with Crippen molar-refractivity contribution in [2.75, 3.05) is 0 Å². The molecule has 0 aliphatic heterocycles. The van der Waals surface area contributed by atoms with Crippen molar-refractivity contribution in [2.45, 2.75) is 58.9 Å². The van der Waals surface area contributed by atoms with Gasteiger partial charge in [0.25, 0.3) is 0 Å². The highest BCUT2D eigenvalue weighted by atomic mass is 16.4. The molecule has 1 aliphatic rings. The lowest BCUT2D eigenvalue weighted by Gasteiger charge is -2.26. The standard InChI is InChI=1S/C14H23N3O2/c1-11(2)9-17-10-15-16-12(17)7-14(8-13(18)19)5-3-4-6-14/h10-11H,3-9H2,1-2H3,(H,18,19). The summed E-state index contributed by atoms with van der Waals surface area (Å²) >= 11 is 0. The summed E-state index contributed by atoms with van der Waals surface area (Å²) in [6, 6.07) is 0. The Morgan fingerprint density at radius 3 is 2.74 bits per heavy atom. The molecule has 1 saturated carbocycles. The monoisotopic (exact) mass is 265 g/mol. The first-order valence-corrected chi connectivity index (χ1v) is 7.09. The third-order valence-corrected chi connectivity index (χ3v) is 3.98. The largest absolute Gasteiger partial charge is 0.481 e. The van der Waals surface area contributed by atoms with Gasteiger partial charge in [0, 0.05) is 13.0 Å². The van der Waals surface area contributed by atoms with Crippen LogP contribution in [0.15, 0.2) is 6.33 Å². The summed E-state index contributed by atoms with van der Waals surface area (Å²) in [6.07, 6.45) is 7.01. The average Bonchev–Trinajstić information content (AvgIpc) is 2.89. The molecule has 0 saturated heterocycles. The second-order valence-corrected chi connectivity index (χ2v) is 6.25. The number of carbonyl (C=O) groups is 1. The molecular weight excluding hydrogens is 242 g/mol. The number of aromatic nitrogens is 3. The number of aliphatic carboxylic acids is 1. The number of carboxylic acids is 1. The van der Waals surface area contributed by atoms with Gasteiger partial charge in [0.2, 0.25) is 0 Å². The molecule has 1 heterocycles. The molecule has 1 fully saturated rings. The predicted molar refractivity (Wildman–Crippen MR) is 71.7 cm³/mol. The summed E-state index contributed by atoms with van der Waals surface area (Å²) in [7, 11) is 0. The van der Waals surface area contributed by atoms with Gasteiger partial charge in [-0.1, -0.05) is 26.7 Å². The number of carboxylic acid groups (broad SMARTS) is 1. The first-order valence-electron chi connectivity index (χ1n) is 7.09. The zero-order chi connectivity index (χ0) is 13.9. The van der Waals surface area contributed by atoms with Crippen LogP contribution in [0, 0.1) is 11.3 Å². The van der Waals surface area contributed by atoms with Gasteiger partial charge in [-0.3, -0.25) is 4.79 Å². The van der Waals surface area contributed by atoms with E-state index in [0.717, 1.165) is 44.5 Å². The molecule has 2 rings (SSSR count). The van der Waals surface area contributed by atoms with Gasteiger partial charge in [-0.25, -0.2) is 0 Å². The molecule has 0 bridgehead atoms. The second kappa shape index (κ2) is 5.72. The van der Waals surface area contributed by atoms with Crippen LogP contribution in [0.1, 0.15) is 51.8 Å². The van der Waals surface area contributed by atoms with Gasteiger partial charge in [0.05, 0.1) is 6.42 Å². The third-order valence-electron chi connectivity index (χ3n) is 3.98. The third kappa shape index (κ3) is 3.55. The normalized spacial score (nSPS) is 18.1. The van der Waals surface area contributed by atoms with Crippen molar-refractivity contribution < 1.29 is 9.90 Å². The van der Waals surface area contributed by atoms with Crippen LogP contribution in [0.4, 0.5) is 0 Å². The molecule has 19 heavy (non-hydrogen) atoms. The molecule has 0 spiro atoms. The van der Waals surface area contributed by atoms with Gasteiger partial charge in [0.1, 0.15) is 12.2 Å². The Balaban J connectivity index is 2.13. The molecule has 0 atom stereocenters. The highest BCUT2D eigenvalue weighted by Gasteiger charge is 2.37. The molecule has 0 unspecified atom stereocenters. The number of hydrogen-bond acceptors (Lipinski definition) is 3. The predicted octanol–water partition coefficient (Wildman–Crippen LogP) is 2.51. The first-order chi connectivity index (χ1) is 9.01. The average molecular weight is 265 g/mol. The molecular formula is C14H23N3O2. The van der Waals surface area contributed by atoms with Crippen LogP contribution in [0.2, 0.25) is 0 Å². The fourth-order valence-electron chi connectivity index (χ4n) is 3.16. The van der Waals surface area contributed by atoms with Crippen molar-refractivity contribution in [1.82, 2.24) is 14.8 Å². The van der Waals surface area contributed by atoms with Crippen molar-refractivity contribution in [3.8, 4) is 0 Å². The Morgan fingerprint density at radius 1 is 1.47 bits per heavy atom. The Bertz CT molecular complexity index is 434. The summed E-state index contributed by atoms with van der Waals surface area (Å²) < 4.78 is 2.08. The van der Waals surface area contributed by atoms with Gasteiger partial charge in [-0.2, -0.15) is 0 Å². The van der Waals surface area contributed by atoms with E-state index in [1.54, 1.807) is 6.33 Å². The second-order valence-electron chi connectivity index (χ2n) is 6.25. The summed E-state index contributed by atoms with van der Waals surface area (Å²) in [6.45, 7) is 5.21. The minimum Gasteiger partial charge on any atom is -0.481 e. The van der Waals surface area contributed by atoms with Crippen molar-refractivity contribution in [3.63, 3.8) is 0 Å². The van der Waals surface area contributed by atoms with E-state index in [0.29, 0.717) is 5.92 Å². The molecule has 1 aromatic rings. The topological polar surface area (TPSA) is 68.0 Å². The van der Waals surface area contributed by atoms with E-state index in [1.807, 2.05) is 0 Å². The lowest BCUT2D eigenvalue weighted by atomic mass is 9.79. The van der Waals surface area contributed by atoms with Gasteiger partial charge in [-0.15, -0.1) is 10.2 Å². The molecule has 5 nitrogen and oxygen atoms in total. The minimum atomic E-state index is -0.697. The van der Waals surface area contributed by atoms with Crippen molar-refractivity contribution in [3.05, 3.63) is 12.2 Å². The molecule has 5 heteroatoms. The number of nitrogens with zero attached hydrogens (tertiary/aromatic N) is 3. The first kappa shape index (κ1) is 14.0. The van der Waals surface area contributed by atoms with Crippen molar-refractivity contribution in [2.24, 2.45) is 11.3 Å². The van der Waals surface area contributed by atoms with Crippen LogP contribution in [0.25, 0.3) is 0 Å². The number of rotatable bonds is 6. The number of hydrogen-bond donors (Lipinski definition) is 1. The molecule has 1 N–H and O–H groups in total. The molecule has 1 aromatic heterocycles. The van der Waals surface area contributed by atoms with Crippen molar-refractivity contribution in [1.29, 1.82) is 0 Å². The maximum atomic E-state index is 11.1. The Morgan fingerprint density at radius 2 is 2.16 bits per heavy atom. The van der Waals surface area contributed by atoms with Crippen LogP contribution in [0.3, 0.4) is 0 Å². The van der Waals surface area contributed by atoms with E-state index in [-0.39, 0.29) is 11.8 Å². The van der Waals surface area contributed by atoms with Gasteiger partial charge in [-0.05, 0) is 24.2 Å². The quantitative estimate of drug-likeness (QED) is 0.858. The van der Waals surface area contributed by atoms with Crippen LogP contribution in [-0.4, -0.2) is 25.8 Å². The van der Waals surface area contributed by atoms with Gasteiger partial charge < -0.3 is 9.67 Å². The molecule has 0 aromatic carbocycles. The minimum absolute atomic E-state index is 0.104. The SMILES string of the molecule is CC(C)Cn1cnnc1CC1(CC(=O)O)CCCC1. The molecule has 0 radical (unpaired) electrons. The zero-order valence-corrected chi connectivity index (χ0v) is 11.8. The smallest absolute Gasteiger partial charge is 0.303 e. The Labute approximate surface area is 114 Å². The van der Waals surface area contributed by atoms with E-state index in [2.05, 4.69) is 28.6 Å². The van der Waals surface area contributed by atoms with E-state index < -0.39 is 5.97 Å². The highest BCUT2D eigenvalue weighted by molar-refractivity contribution is 5.67. The molecule has 1 aliphatic carbocycles. The van der Waals surface area contributed by atoms with Crippen LogP contribution in [-0.2, 0) is 17.8 Å². The van der Waals surface area contributed by atoms with Crippen LogP contribution < -0.4 is 0 Å². The Hall–Kier alpha value is -1.39. The summed E-state index contributed by atoms with van der Waals surface area (Å²) in [5, 5.41) is 17.3. The van der Waals surface area contributed by atoms with E-state index in [1.165, 1.54) is 0 Å². The highest BCUT2D eigenvalue weighted by Crippen LogP contribution is 2.43. The van der Waals surface area contributed by atoms with Crippen molar-refractivity contribution >= 4 is 5.97 Å². The van der Waals surface area contributed by atoms with Gasteiger partial charge >= 0.3 is 5.97 Å². The van der Waals surface area contributed by atoms with E-state index in [9.17, 15) is 4.79 Å².